The Morgan fingerprint density at radius 3 is 0.989 bits per heavy atom. The van der Waals surface area contributed by atoms with Gasteiger partial charge >= 0.3 is 0 Å². The summed E-state index contributed by atoms with van der Waals surface area (Å²) in [5.74, 6) is -0.137. The highest BCUT2D eigenvalue weighted by molar-refractivity contribution is 5.76. The highest BCUT2D eigenvalue weighted by atomic mass is 16.7. The van der Waals surface area contributed by atoms with Crippen LogP contribution in [0.3, 0.4) is 0 Å². The summed E-state index contributed by atoms with van der Waals surface area (Å²) < 4.78 is 11.4. The maximum atomic E-state index is 13.2. The van der Waals surface area contributed by atoms with Gasteiger partial charge in [0.05, 0.1) is 25.4 Å². The molecule has 1 rings (SSSR count). The zero-order valence-electron chi connectivity index (χ0n) is 61.3. The molecule has 0 aromatic rings. The predicted molar refractivity (Wildman–Crippen MR) is 401 cm³/mol. The minimum Gasteiger partial charge on any atom is -0.394 e. The van der Waals surface area contributed by atoms with E-state index in [9.17, 15) is 30.3 Å². The third-order valence-electron chi connectivity index (χ3n) is 19.3. The fourth-order valence-electron chi connectivity index (χ4n) is 13.1. The van der Waals surface area contributed by atoms with E-state index in [4.69, 9.17) is 9.47 Å². The first-order valence-electron chi connectivity index (χ1n) is 40.6. The Kier molecular flexibility index (Phi) is 69.0. The van der Waals surface area contributed by atoms with Gasteiger partial charge in [0.25, 0.3) is 0 Å². The van der Waals surface area contributed by atoms with E-state index in [2.05, 4.69) is 92.1 Å². The van der Waals surface area contributed by atoms with Crippen LogP contribution in [0.25, 0.3) is 0 Å². The Morgan fingerprint density at radius 1 is 0.376 bits per heavy atom. The van der Waals surface area contributed by atoms with Gasteiger partial charge in [0, 0.05) is 6.42 Å². The molecule has 1 aliphatic heterocycles. The molecule has 0 saturated carbocycles. The first kappa shape index (κ1) is 88.6. The number of unbranched alkanes of at least 4 members (excludes halogenated alkanes) is 50. The highest BCUT2D eigenvalue weighted by Crippen LogP contribution is 2.24. The van der Waals surface area contributed by atoms with Crippen molar-refractivity contribution in [3.63, 3.8) is 0 Å². The molecule has 1 fully saturated rings. The monoisotopic (exact) mass is 1310 g/mol. The van der Waals surface area contributed by atoms with Gasteiger partial charge in [-0.2, -0.15) is 0 Å². The Hall–Kier alpha value is -2.37. The average molecular weight is 1310 g/mol. The molecule has 1 saturated heterocycles. The van der Waals surface area contributed by atoms with Gasteiger partial charge in [-0.25, -0.2) is 0 Å². The summed E-state index contributed by atoms with van der Waals surface area (Å²) in [6, 6.07) is -0.722. The number of carbonyl (C=O) groups is 1. The number of ether oxygens (including phenoxy) is 2. The molecule has 0 radical (unpaired) electrons. The number of hydrogen-bond donors (Lipinski definition) is 6. The van der Waals surface area contributed by atoms with Crippen molar-refractivity contribution in [3.8, 4) is 0 Å². The van der Waals surface area contributed by atoms with Gasteiger partial charge in [-0.15, -0.1) is 0 Å². The molecule has 0 bridgehead atoms. The van der Waals surface area contributed by atoms with Crippen LogP contribution < -0.4 is 5.32 Å². The average Bonchev–Trinajstić information content (AvgIpc) is 1.02. The molecule has 7 unspecified atom stereocenters. The van der Waals surface area contributed by atoms with Crippen LogP contribution in [0.4, 0.5) is 0 Å². The molecule has 93 heavy (non-hydrogen) atoms. The van der Waals surface area contributed by atoms with Crippen molar-refractivity contribution in [2.75, 3.05) is 13.2 Å². The van der Waals surface area contributed by atoms with Crippen molar-refractivity contribution in [2.24, 2.45) is 0 Å². The van der Waals surface area contributed by atoms with E-state index in [-0.39, 0.29) is 12.5 Å². The summed E-state index contributed by atoms with van der Waals surface area (Å²) in [5, 5.41) is 55.1. The molecule has 9 heteroatoms. The lowest BCUT2D eigenvalue weighted by Crippen LogP contribution is -2.60. The van der Waals surface area contributed by atoms with Crippen LogP contribution in [0.1, 0.15) is 399 Å². The number of allylic oxidation sites excluding steroid dienone is 12. The maximum absolute atomic E-state index is 13.2. The molecule has 0 aromatic heterocycles. The molecule has 544 valence electrons. The van der Waals surface area contributed by atoms with Crippen molar-refractivity contribution < 1.29 is 39.8 Å². The van der Waals surface area contributed by atoms with Gasteiger partial charge in [0.2, 0.25) is 5.91 Å². The van der Waals surface area contributed by atoms with Gasteiger partial charge in [0.15, 0.2) is 6.29 Å². The Morgan fingerprint density at radius 2 is 0.667 bits per heavy atom. The fraction of sp³-hybridized carbons (Fsp3) is 0.845. The molecular weight excluding hydrogens is 1150 g/mol. The Balaban J connectivity index is 2.05. The minimum absolute atomic E-state index is 0.135. The van der Waals surface area contributed by atoms with E-state index in [0.29, 0.717) is 12.8 Å². The number of hydrogen-bond acceptors (Lipinski definition) is 8. The van der Waals surface area contributed by atoms with Gasteiger partial charge in [-0.1, -0.05) is 401 Å². The summed E-state index contributed by atoms with van der Waals surface area (Å²) in [6.45, 7) is 3.78. The van der Waals surface area contributed by atoms with Crippen LogP contribution in [-0.4, -0.2) is 87.5 Å². The lowest BCUT2D eigenvalue weighted by atomic mass is 9.99. The lowest BCUT2D eigenvalue weighted by Gasteiger charge is -2.40. The van der Waals surface area contributed by atoms with Crippen molar-refractivity contribution in [2.45, 2.75) is 442 Å². The molecule has 0 aromatic carbocycles. The second kappa shape index (κ2) is 72.4. The highest BCUT2D eigenvalue weighted by Gasteiger charge is 2.44. The fourth-order valence-corrected chi connectivity index (χ4v) is 13.1. The largest absolute Gasteiger partial charge is 0.394 e. The van der Waals surface area contributed by atoms with Gasteiger partial charge < -0.3 is 40.3 Å². The smallest absolute Gasteiger partial charge is 0.220 e. The third-order valence-corrected chi connectivity index (χ3v) is 19.3. The minimum atomic E-state index is -1.56. The number of amides is 1. The van der Waals surface area contributed by atoms with Crippen molar-refractivity contribution >= 4 is 5.91 Å². The topological polar surface area (TPSA) is 149 Å². The SMILES string of the molecule is CC/C=C\C/C=C\C/C=C\C/C=C\C/C=C\C/C=C\CCCCCCCCCCCCCCCCCCCCCCC(=O)NC(COC1OC(CO)C(O)C(O)C1O)C(O)CCCCCCCCCCCCCCCCCCCCCCCCCCCCCCCCC. The first-order chi connectivity index (χ1) is 45.8. The zero-order chi connectivity index (χ0) is 67.1. The number of aliphatic hydroxyl groups excluding tert-OH is 5. The molecule has 9 nitrogen and oxygen atoms in total. The van der Waals surface area contributed by atoms with Crippen LogP contribution >= 0.6 is 0 Å². The maximum Gasteiger partial charge on any atom is 0.220 e. The van der Waals surface area contributed by atoms with Crippen molar-refractivity contribution in [1.82, 2.24) is 5.32 Å². The third kappa shape index (κ3) is 60.5. The first-order valence-corrected chi connectivity index (χ1v) is 40.6. The number of rotatable bonds is 72. The second-order valence-electron chi connectivity index (χ2n) is 28.2. The molecule has 1 amide bonds. The number of nitrogens with one attached hydrogen (secondary N) is 1. The normalized spacial score (nSPS) is 17.9. The van der Waals surface area contributed by atoms with Crippen molar-refractivity contribution in [1.29, 1.82) is 0 Å². The molecule has 0 aliphatic carbocycles. The van der Waals surface area contributed by atoms with Gasteiger partial charge in [0.1, 0.15) is 24.4 Å². The summed E-state index contributed by atoms with van der Waals surface area (Å²) in [6.07, 6.45) is 95.8. The molecule has 6 N–H and O–H groups in total. The zero-order valence-corrected chi connectivity index (χ0v) is 61.3. The lowest BCUT2D eigenvalue weighted by molar-refractivity contribution is -0.302. The molecule has 0 spiro atoms. The molecule has 7 atom stereocenters. The Bertz CT molecular complexity index is 1710. The molecule has 1 heterocycles. The second-order valence-corrected chi connectivity index (χ2v) is 28.2. The molecular formula is C84H155NO8. The summed E-state index contributed by atoms with van der Waals surface area (Å²) in [5.41, 5.74) is 0. The van der Waals surface area contributed by atoms with E-state index in [0.717, 1.165) is 77.0 Å². The van der Waals surface area contributed by atoms with Crippen molar-refractivity contribution in [3.05, 3.63) is 72.9 Å². The number of carbonyl (C=O) groups excluding carboxylic acids is 1. The summed E-state index contributed by atoms with van der Waals surface area (Å²) in [4.78, 5) is 13.2. The van der Waals surface area contributed by atoms with Crippen LogP contribution in [0.2, 0.25) is 0 Å². The van der Waals surface area contributed by atoms with Crippen LogP contribution in [0.15, 0.2) is 72.9 Å². The van der Waals surface area contributed by atoms with Crippen LogP contribution in [0, 0.1) is 0 Å². The Labute approximate surface area is 576 Å². The standard InChI is InChI=1S/C84H155NO8/c1-3-5-7-9-11-13-15-17-19-21-23-25-27-29-31-33-35-36-37-38-39-40-41-42-44-46-48-50-52-54-56-58-60-62-64-66-68-70-72-74-80(88)85-77(76-92-84-83(91)82(90)81(89)79(75-86)93-84)78(87)73-71-69-67-65-63-61-59-57-55-53-51-49-47-45-43-34-32-30-28-26-24-22-20-18-16-14-12-10-8-6-4-2/h5,7,11,13,17,19,23,25,29,31,35-36,77-79,81-84,86-87,89-91H,3-4,6,8-10,12,14-16,18,20-22,24,26-28,30,32-34,37-76H2,1-2H3,(H,85,88)/b7-5-,13-11-,19-17-,25-23-,31-29-,36-35-. The van der Waals surface area contributed by atoms with Crippen LogP contribution in [0.5, 0.6) is 0 Å². The van der Waals surface area contributed by atoms with Gasteiger partial charge in [-0.05, 0) is 64.2 Å². The number of aliphatic hydroxyl groups is 5. The quantitative estimate of drug-likeness (QED) is 0.0261. The summed E-state index contributed by atoms with van der Waals surface area (Å²) >= 11 is 0. The van der Waals surface area contributed by atoms with E-state index >= 15 is 0 Å². The van der Waals surface area contributed by atoms with Crippen LogP contribution in [-0.2, 0) is 14.3 Å². The summed E-state index contributed by atoms with van der Waals surface area (Å²) in [7, 11) is 0. The molecule has 1 aliphatic rings. The predicted octanol–water partition coefficient (Wildman–Crippen LogP) is 23.4. The van der Waals surface area contributed by atoms with E-state index in [1.807, 2.05) is 0 Å². The van der Waals surface area contributed by atoms with E-state index in [1.54, 1.807) is 0 Å². The van der Waals surface area contributed by atoms with Gasteiger partial charge in [-0.3, -0.25) is 4.79 Å². The van der Waals surface area contributed by atoms with E-state index < -0.39 is 49.5 Å². The van der Waals surface area contributed by atoms with E-state index in [1.165, 1.54) is 295 Å².